The van der Waals surface area contributed by atoms with E-state index in [0.717, 1.165) is 0 Å². The maximum atomic E-state index is 5.43. The topological polar surface area (TPSA) is 0 Å². The third kappa shape index (κ3) is 0.703. The quantitative estimate of drug-likeness (QED) is 0.350. The molecule has 0 nitrogen and oxygen atoms in total. The van der Waals surface area contributed by atoms with Crippen molar-refractivity contribution in [2.24, 2.45) is 11.3 Å². The van der Waals surface area contributed by atoms with Crippen LogP contribution in [0.5, 0.6) is 0 Å². The van der Waals surface area contributed by atoms with Crippen molar-refractivity contribution in [2.45, 2.75) is 25.7 Å². The van der Waals surface area contributed by atoms with Crippen molar-refractivity contribution in [3.05, 3.63) is 12.2 Å². The second kappa shape index (κ2) is 1.89. The number of hydrogen-bond donors (Lipinski definition) is 0. The van der Waals surface area contributed by atoms with Crippen LogP contribution in [0, 0.1) is 23.7 Å². The molecule has 2 aliphatic rings. The summed E-state index contributed by atoms with van der Waals surface area (Å²) in [6.45, 7) is 0. The SMILES string of the molecule is C#CC1CCCCC12C=C2. The van der Waals surface area contributed by atoms with Crippen LogP contribution in [0.25, 0.3) is 0 Å². The van der Waals surface area contributed by atoms with Gasteiger partial charge in [0.2, 0.25) is 0 Å². The molecule has 0 bridgehead atoms. The van der Waals surface area contributed by atoms with Crippen LogP contribution >= 0.6 is 0 Å². The molecule has 1 spiro atoms. The lowest BCUT2D eigenvalue weighted by Gasteiger charge is -2.27. The number of rotatable bonds is 0. The van der Waals surface area contributed by atoms with Gasteiger partial charge in [-0.3, -0.25) is 0 Å². The zero-order valence-corrected chi connectivity index (χ0v) is 6.14. The van der Waals surface area contributed by atoms with E-state index in [1.54, 1.807) is 0 Å². The van der Waals surface area contributed by atoms with E-state index in [0.29, 0.717) is 11.3 Å². The predicted octanol–water partition coefficient (Wildman–Crippen LogP) is 2.37. The lowest BCUT2D eigenvalue weighted by molar-refractivity contribution is 0.301. The zero-order valence-electron chi connectivity index (χ0n) is 6.14. The minimum atomic E-state index is 0.410. The van der Waals surface area contributed by atoms with E-state index in [4.69, 9.17) is 6.42 Å². The standard InChI is InChI=1S/C10H12/c1-2-9-5-3-4-6-10(9)7-8-10/h1,7-9H,3-6H2. The van der Waals surface area contributed by atoms with Crippen molar-refractivity contribution in [3.8, 4) is 12.3 Å². The molecule has 0 heteroatoms. The Balaban J connectivity index is 2.10. The van der Waals surface area contributed by atoms with Gasteiger partial charge in [0.15, 0.2) is 0 Å². The maximum Gasteiger partial charge on any atom is 0.0325 e. The summed E-state index contributed by atoms with van der Waals surface area (Å²) in [5.41, 5.74) is 0.410. The van der Waals surface area contributed by atoms with Crippen molar-refractivity contribution in [3.63, 3.8) is 0 Å². The smallest absolute Gasteiger partial charge is 0.0325 e. The Bertz CT molecular complexity index is 199. The van der Waals surface area contributed by atoms with Crippen LogP contribution in [0.15, 0.2) is 12.2 Å². The molecule has 1 fully saturated rings. The molecule has 1 unspecified atom stereocenters. The van der Waals surface area contributed by atoms with Gasteiger partial charge in [-0.15, -0.1) is 12.3 Å². The molecule has 52 valence electrons. The number of terminal acetylenes is 1. The second-order valence-corrected chi connectivity index (χ2v) is 3.41. The molecule has 1 saturated carbocycles. The Hall–Kier alpha value is -0.700. The second-order valence-electron chi connectivity index (χ2n) is 3.41. The van der Waals surface area contributed by atoms with Crippen LogP contribution in [0.2, 0.25) is 0 Å². The van der Waals surface area contributed by atoms with Gasteiger partial charge in [0.05, 0.1) is 0 Å². The number of allylic oxidation sites excluding steroid dienone is 2. The highest BCUT2D eigenvalue weighted by Crippen LogP contribution is 2.51. The van der Waals surface area contributed by atoms with Gasteiger partial charge >= 0.3 is 0 Å². The molecule has 2 rings (SSSR count). The van der Waals surface area contributed by atoms with Crippen LogP contribution in [0.3, 0.4) is 0 Å². The summed E-state index contributed by atoms with van der Waals surface area (Å²) in [6, 6.07) is 0. The van der Waals surface area contributed by atoms with E-state index in [-0.39, 0.29) is 0 Å². The Morgan fingerprint density at radius 3 is 2.70 bits per heavy atom. The summed E-state index contributed by atoms with van der Waals surface area (Å²) in [7, 11) is 0. The Morgan fingerprint density at radius 2 is 2.20 bits per heavy atom. The van der Waals surface area contributed by atoms with E-state index in [2.05, 4.69) is 18.1 Å². The van der Waals surface area contributed by atoms with E-state index >= 15 is 0 Å². The summed E-state index contributed by atoms with van der Waals surface area (Å²) in [5.74, 6) is 3.42. The lowest BCUT2D eigenvalue weighted by atomic mass is 9.75. The molecule has 0 saturated heterocycles. The molecular weight excluding hydrogens is 120 g/mol. The highest BCUT2D eigenvalue weighted by molar-refractivity contribution is 5.32. The van der Waals surface area contributed by atoms with Crippen LogP contribution < -0.4 is 0 Å². The summed E-state index contributed by atoms with van der Waals surface area (Å²) in [6.07, 6.45) is 15.3. The van der Waals surface area contributed by atoms with Gasteiger partial charge < -0.3 is 0 Å². The molecule has 1 atom stereocenters. The average Bonchev–Trinajstić information content (AvgIpc) is 2.71. The minimum absolute atomic E-state index is 0.410. The molecule has 0 amide bonds. The third-order valence-corrected chi connectivity index (χ3v) is 2.80. The van der Waals surface area contributed by atoms with Crippen molar-refractivity contribution in [1.82, 2.24) is 0 Å². The van der Waals surface area contributed by atoms with E-state index in [1.807, 2.05) is 0 Å². The highest BCUT2D eigenvalue weighted by Gasteiger charge is 2.42. The van der Waals surface area contributed by atoms with Crippen molar-refractivity contribution in [2.75, 3.05) is 0 Å². The molecule has 10 heavy (non-hydrogen) atoms. The lowest BCUT2D eigenvalue weighted by Crippen LogP contribution is -2.20. The van der Waals surface area contributed by atoms with Crippen molar-refractivity contribution >= 4 is 0 Å². The Labute approximate surface area is 62.3 Å². The molecule has 2 aliphatic carbocycles. The van der Waals surface area contributed by atoms with Gasteiger partial charge in [-0.25, -0.2) is 0 Å². The van der Waals surface area contributed by atoms with Gasteiger partial charge in [-0.1, -0.05) is 25.0 Å². The first-order chi connectivity index (χ1) is 4.87. The molecule has 0 radical (unpaired) electrons. The normalized spacial score (nSPS) is 33.7. The largest absolute Gasteiger partial charge is 0.120 e. The molecular formula is C10H12. The summed E-state index contributed by atoms with van der Waals surface area (Å²) < 4.78 is 0. The molecule has 0 heterocycles. The molecule has 0 aromatic carbocycles. The highest BCUT2D eigenvalue weighted by atomic mass is 14.4. The average molecular weight is 132 g/mol. The van der Waals surface area contributed by atoms with Crippen molar-refractivity contribution in [1.29, 1.82) is 0 Å². The van der Waals surface area contributed by atoms with Gasteiger partial charge in [-0.2, -0.15) is 0 Å². The minimum Gasteiger partial charge on any atom is -0.120 e. The van der Waals surface area contributed by atoms with E-state index in [9.17, 15) is 0 Å². The van der Waals surface area contributed by atoms with E-state index < -0.39 is 0 Å². The van der Waals surface area contributed by atoms with Gasteiger partial charge in [0, 0.05) is 11.3 Å². The molecule has 0 aliphatic heterocycles. The monoisotopic (exact) mass is 132 g/mol. The first-order valence-corrected chi connectivity index (χ1v) is 4.04. The van der Waals surface area contributed by atoms with Crippen molar-refractivity contribution < 1.29 is 0 Å². The Kier molecular flexibility index (Phi) is 1.14. The first kappa shape index (κ1) is 6.04. The summed E-state index contributed by atoms with van der Waals surface area (Å²) in [4.78, 5) is 0. The fraction of sp³-hybridized carbons (Fsp3) is 0.600. The van der Waals surface area contributed by atoms with Crippen LogP contribution in [0.4, 0.5) is 0 Å². The van der Waals surface area contributed by atoms with E-state index in [1.165, 1.54) is 25.7 Å². The Morgan fingerprint density at radius 1 is 1.40 bits per heavy atom. The fourth-order valence-corrected chi connectivity index (χ4v) is 1.97. The van der Waals surface area contributed by atoms with Crippen LogP contribution in [0.1, 0.15) is 25.7 Å². The maximum absolute atomic E-state index is 5.43. The predicted molar refractivity (Wildman–Crippen MR) is 42.4 cm³/mol. The van der Waals surface area contributed by atoms with Crippen LogP contribution in [-0.2, 0) is 0 Å². The summed E-state index contributed by atoms with van der Waals surface area (Å²) >= 11 is 0. The van der Waals surface area contributed by atoms with Crippen LogP contribution in [-0.4, -0.2) is 0 Å². The van der Waals surface area contributed by atoms with Gasteiger partial charge in [0.25, 0.3) is 0 Å². The van der Waals surface area contributed by atoms with Gasteiger partial charge in [0.1, 0.15) is 0 Å². The summed E-state index contributed by atoms with van der Waals surface area (Å²) in [5, 5.41) is 0. The third-order valence-electron chi connectivity index (χ3n) is 2.80. The zero-order chi connectivity index (χ0) is 7.03. The molecule has 0 N–H and O–H groups in total. The van der Waals surface area contributed by atoms with Gasteiger partial charge in [-0.05, 0) is 12.8 Å². The molecule has 0 aromatic rings. The first-order valence-electron chi connectivity index (χ1n) is 4.04. The number of hydrogen-bond acceptors (Lipinski definition) is 0. The molecule has 0 aromatic heterocycles. The fourth-order valence-electron chi connectivity index (χ4n) is 1.97.